The van der Waals surface area contributed by atoms with Crippen molar-refractivity contribution in [1.29, 1.82) is 0 Å². The highest BCUT2D eigenvalue weighted by molar-refractivity contribution is 5.84. The van der Waals surface area contributed by atoms with Gasteiger partial charge >= 0.3 is 11.9 Å². The Morgan fingerprint density at radius 1 is 0.591 bits per heavy atom. The molecule has 0 bridgehead atoms. The molecule has 0 aliphatic rings. The summed E-state index contributed by atoms with van der Waals surface area (Å²) in [6, 6.07) is -2.38. The smallest absolute Gasteiger partial charge is 0.326 e. The van der Waals surface area contributed by atoms with Gasteiger partial charge in [-0.3, -0.25) is 24.0 Å². The number of hydrogen-bond acceptors (Lipinski definition) is 8. The van der Waals surface area contributed by atoms with Crippen LogP contribution in [-0.4, -0.2) is 77.4 Å². The second-order valence-electron chi connectivity index (χ2n) is 11.4. The molecule has 0 aliphatic carbocycles. The van der Waals surface area contributed by atoms with Gasteiger partial charge in [0.05, 0.1) is 12.1 Å². The minimum atomic E-state index is -1.18. The highest BCUT2D eigenvalue weighted by atomic mass is 16.4. The first-order chi connectivity index (χ1) is 21.1. The quantitative estimate of drug-likeness (QED) is 0.0575. The Morgan fingerprint density at radius 2 is 1.11 bits per heavy atom. The first-order valence-electron chi connectivity index (χ1n) is 16.2. The molecule has 0 saturated heterocycles. The number of rotatable bonds is 30. The summed E-state index contributed by atoms with van der Waals surface area (Å²) >= 11 is 0. The molecule has 0 saturated carbocycles. The molecule has 0 aliphatic heterocycles. The van der Waals surface area contributed by atoms with Crippen LogP contribution in [0.15, 0.2) is 0 Å². The van der Waals surface area contributed by atoms with Crippen LogP contribution in [0.4, 0.5) is 0 Å². The van der Waals surface area contributed by atoms with Crippen molar-refractivity contribution in [2.24, 2.45) is 11.5 Å². The highest BCUT2D eigenvalue weighted by Crippen LogP contribution is 2.12. The van der Waals surface area contributed by atoms with E-state index in [-0.39, 0.29) is 43.4 Å². The lowest BCUT2D eigenvalue weighted by Crippen LogP contribution is -2.41. The molecule has 44 heavy (non-hydrogen) atoms. The number of carbonyl (C=O) groups is 5. The van der Waals surface area contributed by atoms with Gasteiger partial charge in [0.15, 0.2) is 0 Å². The van der Waals surface area contributed by atoms with Gasteiger partial charge in [-0.15, -0.1) is 0 Å². The Balaban J connectivity index is 3.87. The Bertz CT molecular complexity index is 842. The molecule has 0 aromatic carbocycles. The van der Waals surface area contributed by atoms with Crippen LogP contribution in [0.1, 0.15) is 128 Å². The Hall–Kier alpha value is -3.06. The minimum absolute atomic E-state index is 0.00635. The number of nitrogens with two attached hydrogens (primary N) is 2. The number of carboxylic acids is 2. The normalized spacial score (nSPS) is 13.0. The van der Waals surface area contributed by atoms with Crippen LogP contribution in [0.25, 0.3) is 0 Å². The van der Waals surface area contributed by atoms with Crippen LogP contribution in [0.5, 0.6) is 0 Å². The molecular formula is C31H56N5O8. The summed E-state index contributed by atoms with van der Waals surface area (Å²) in [4.78, 5) is 68.8. The number of unbranched alkanes of at least 4 members (excludes halogenated alkanes) is 11. The molecule has 0 heterocycles. The maximum Gasteiger partial charge on any atom is 0.326 e. The van der Waals surface area contributed by atoms with E-state index >= 15 is 0 Å². The number of carbonyl (C=O) groups excluding carboxylic acids is 4. The summed E-state index contributed by atoms with van der Waals surface area (Å²) in [5.41, 5.74) is 11.4. The fraction of sp³-hybridized carbons (Fsp3) is 0.806. The van der Waals surface area contributed by atoms with Crippen molar-refractivity contribution in [3.8, 4) is 0 Å². The molecule has 3 amide bonds. The number of carboxylic acid groups (broad SMARTS) is 2. The van der Waals surface area contributed by atoms with Gasteiger partial charge in [0.25, 0.3) is 0 Å². The molecule has 253 valence electrons. The molecule has 13 nitrogen and oxygen atoms in total. The molecule has 0 unspecified atom stereocenters. The maximum atomic E-state index is 12.2. The SMILES string of the molecule is N[C@H]([C]=O)CCCCNC(=O)[C@@H](N)CCCCNC(=O)CC[C@H](NC(=O)CCCCCCCCCCCCC(=O)O)C(=O)O. The zero-order valence-electron chi connectivity index (χ0n) is 26.3. The van der Waals surface area contributed by atoms with Gasteiger partial charge < -0.3 is 37.6 Å². The Labute approximate surface area is 262 Å². The van der Waals surface area contributed by atoms with Crippen LogP contribution >= 0.6 is 0 Å². The molecule has 9 N–H and O–H groups in total. The Kier molecular flexibility index (Phi) is 25.6. The topological polar surface area (TPSA) is 231 Å². The average Bonchev–Trinajstić information content (AvgIpc) is 2.98. The van der Waals surface area contributed by atoms with E-state index in [9.17, 15) is 33.9 Å². The third-order valence-electron chi connectivity index (χ3n) is 7.33. The molecule has 0 aromatic heterocycles. The van der Waals surface area contributed by atoms with Crippen molar-refractivity contribution in [1.82, 2.24) is 16.0 Å². The van der Waals surface area contributed by atoms with Crippen molar-refractivity contribution >= 4 is 35.9 Å². The monoisotopic (exact) mass is 626 g/mol. The van der Waals surface area contributed by atoms with Gasteiger partial charge in [-0.25, -0.2) is 4.79 Å². The molecule has 0 spiro atoms. The molecule has 13 heteroatoms. The van der Waals surface area contributed by atoms with Gasteiger partial charge in [-0.2, -0.15) is 0 Å². The lowest BCUT2D eigenvalue weighted by atomic mass is 10.0. The van der Waals surface area contributed by atoms with E-state index in [0.29, 0.717) is 58.0 Å². The highest BCUT2D eigenvalue weighted by Gasteiger charge is 2.21. The molecule has 3 atom stereocenters. The fourth-order valence-electron chi connectivity index (χ4n) is 4.60. The molecule has 1 radical (unpaired) electrons. The Morgan fingerprint density at radius 3 is 1.66 bits per heavy atom. The predicted molar refractivity (Wildman–Crippen MR) is 167 cm³/mol. The lowest BCUT2D eigenvalue weighted by Gasteiger charge is -2.15. The van der Waals surface area contributed by atoms with Crippen LogP contribution in [0.3, 0.4) is 0 Å². The number of aliphatic carboxylic acids is 2. The fourth-order valence-corrected chi connectivity index (χ4v) is 4.60. The zero-order chi connectivity index (χ0) is 33.0. The summed E-state index contributed by atoms with van der Waals surface area (Å²) in [7, 11) is 0. The van der Waals surface area contributed by atoms with E-state index in [1.807, 2.05) is 0 Å². The summed E-state index contributed by atoms with van der Waals surface area (Å²) in [6.45, 7) is 0.825. The van der Waals surface area contributed by atoms with Crippen LogP contribution < -0.4 is 27.4 Å². The molecule has 0 rings (SSSR count). The largest absolute Gasteiger partial charge is 0.481 e. The second kappa shape index (κ2) is 27.5. The standard InChI is InChI=1S/C31H56N5O8/c32-24(23-37)15-11-13-22-35-30(42)25(33)16-12-14-21-34-27(38)20-19-26(31(43)44)36-28(39)17-9-7-5-3-1-2-4-6-8-10-18-29(40)41/h24-26H,1-22,32-33H2,(H,34,38)(H,35,42)(H,36,39)(H,40,41)(H,43,44)/t24-,25-,26-/m0/s1. The van der Waals surface area contributed by atoms with E-state index in [1.54, 1.807) is 6.29 Å². The molecule has 0 aromatic rings. The van der Waals surface area contributed by atoms with E-state index in [2.05, 4.69) is 16.0 Å². The first-order valence-corrected chi connectivity index (χ1v) is 16.2. The number of amides is 3. The molecular weight excluding hydrogens is 570 g/mol. The minimum Gasteiger partial charge on any atom is -0.481 e. The maximum absolute atomic E-state index is 12.2. The van der Waals surface area contributed by atoms with Crippen molar-refractivity contribution in [3.63, 3.8) is 0 Å². The van der Waals surface area contributed by atoms with Crippen LogP contribution in [0, 0.1) is 0 Å². The van der Waals surface area contributed by atoms with Crippen LogP contribution in [0.2, 0.25) is 0 Å². The predicted octanol–water partition coefficient (Wildman–Crippen LogP) is 2.44. The van der Waals surface area contributed by atoms with E-state index in [0.717, 1.165) is 57.8 Å². The zero-order valence-corrected chi connectivity index (χ0v) is 26.3. The van der Waals surface area contributed by atoms with Gasteiger partial charge in [-0.1, -0.05) is 51.4 Å². The second-order valence-corrected chi connectivity index (χ2v) is 11.4. The van der Waals surface area contributed by atoms with E-state index < -0.39 is 30.1 Å². The van der Waals surface area contributed by atoms with E-state index in [1.165, 1.54) is 0 Å². The summed E-state index contributed by atoms with van der Waals surface area (Å²) in [6.07, 6.45) is 15.5. The first kappa shape index (κ1) is 40.9. The lowest BCUT2D eigenvalue weighted by molar-refractivity contribution is -0.142. The summed E-state index contributed by atoms with van der Waals surface area (Å²) in [5.74, 6) is -2.81. The van der Waals surface area contributed by atoms with Crippen molar-refractivity contribution < 1.29 is 39.0 Å². The average molecular weight is 627 g/mol. The van der Waals surface area contributed by atoms with Crippen molar-refractivity contribution in [3.05, 3.63) is 0 Å². The summed E-state index contributed by atoms with van der Waals surface area (Å²) in [5, 5.41) is 26.1. The third kappa shape index (κ3) is 25.4. The van der Waals surface area contributed by atoms with Crippen molar-refractivity contribution in [2.75, 3.05) is 13.1 Å². The van der Waals surface area contributed by atoms with E-state index in [4.69, 9.17) is 16.6 Å². The van der Waals surface area contributed by atoms with Crippen LogP contribution in [-0.2, 0) is 28.8 Å². The number of nitrogens with one attached hydrogen (secondary N) is 3. The molecule has 0 fully saturated rings. The van der Waals surface area contributed by atoms with Gasteiger partial charge in [0.2, 0.25) is 24.0 Å². The third-order valence-corrected chi connectivity index (χ3v) is 7.33. The van der Waals surface area contributed by atoms with Gasteiger partial charge in [0, 0.05) is 32.4 Å². The number of hydrogen-bond donors (Lipinski definition) is 7. The van der Waals surface area contributed by atoms with Gasteiger partial charge in [0.1, 0.15) is 6.04 Å². The van der Waals surface area contributed by atoms with Crippen molar-refractivity contribution in [2.45, 2.75) is 147 Å². The summed E-state index contributed by atoms with van der Waals surface area (Å²) < 4.78 is 0. The van der Waals surface area contributed by atoms with Gasteiger partial charge in [-0.05, 0) is 57.8 Å².